The number of carbonyl (C=O) groups is 1. The molecule has 0 aromatic heterocycles. The number of halogens is 3. The van der Waals surface area contributed by atoms with Crippen LogP contribution in [0.1, 0.15) is 36.8 Å². The number of hydrogen-bond donors (Lipinski definition) is 2. The zero-order valence-electron chi connectivity index (χ0n) is 13.0. The summed E-state index contributed by atoms with van der Waals surface area (Å²) in [6, 6.07) is 5.48. The molecule has 1 aromatic rings. The molecule has 0 spiro atoms. The molecule has 0 radical (unpaired) electrons. The summed E-state index contributed by atoms with van der Waals surface area (Å²) in [5.41, 5.74) is 3.22. The average Bonchev–Trinajstić information content (AvgIpc) is 2.92. The fourth-order valence-corrected chi connectivity index (χ4v) is 3.58. The maximum atomic E-state index is 12.7. The second-order valence-corrected chi connectivity index (χ2v) is 6.61. The molecule has 0 saturated heterocycles. The lowest BCUT2D eigenvalue weighted by Crippen LogP contribution is -2.46. The van der Waals surface area contributed by atoms with E-state index in [-0.39, 0.29) is 30.8 Å². The molecular formula is C17H21F3N2O. The lowest BCUT2D eigenvalue weighted by molar-refractivity contribution is -0.182. The van der Waals surface area contributed by atoms with E-state index in [2.05, 4.69) is 10.6 Å². The number of nitrogens with one attached hydrogen (secondary N) is 2. The van der Waals surface area contributed by atoms with Crippen LogP contribution in [0.2, 0.25) is 0 Å². The number of rotatable bonds is 2. The third-order valence-electron chi connectivity index (χ3n) is 4.95. The Balaban J connectivity index is 1.53. The van der Waals surface area contributed by atoms with Gasteiger partial charge in [-0.25, -0.2) is 0 Å². The second-order valence-electron chi connectivity index (χ2n) is 6.61. The highest BCUT2D eigenvalue weighted by atomic mass is 19.4. The summed E-state index contributed by atoms with van der Waals surface area (Å²) < 4.78 is 38.0. The number of amides is 1. The second kappa shape index (κ2) is 6.06. The van der Waals surface area contributed by atoms with Crippen molar-refractivity contribution in [2.75, 3.05) is 5.32 Å². The molecule has 1 heterocycles. The molecule has 126 valence electrons. The van der Waals surface area contributed by atoms with Crippen molar-refractivity contribution in [3.63, 3.8) is 0 Å². The van der Waals surface area contributed by atoms with Gasteiger partial charge in [0.2, 0.25) is 5.91 Å². The van der Waals surface area contributed by atoms with Crippen LogP contribution in [0.15, 0.2) is 18.2 Å². The van der Waals surface area contributed by atoms with Crippen LogP contribution < -0.4 is 10.6 Å². The predicted octanol–water partition coefficient (Wildman–Crippen LogP) is 3.57. The zero-order valence-corrected chi connectivity index (χ0v) is 13.0. The minimum Gasteiger partial charge on any atom is -0.373 e. The van der Waals surface area contributed by atoms with Gasteiger partial charge in [0, 0.05) is 18.2 Å². The highest BCUT2D eigenvalue weighted by Gasteiger charge is 2.41. The number of hydrogen-bond acceptors (Lipinski definition) is 2. The third kappa shape index (κ3) is 3.46. The van der Waals surface area contributed by atoms with Gasteiger partial charge in [-0.3, -0.25) is 4.79 Å². The molecule has 2 aliphatic rings. The van der Waals surface area contributed by atoms with Gasteiger partial charge in [-0.15, -0.1) is 0 Å². The van der Waals surface area contributed by atoms with Crippen molar-refractivity contribution >= 4 is 11.6 Å². The fraction of sp³-hybridized carbons (Fsp3) is 0.588. The predicted molar refractivity (Wildman–Crippen MR) is 82.2 cm³/mol. The van der Waals surface area contributed by atoms with E-state index in [1.54, 1.807) is 0 Å². The maximum Gasteiger partial charge on any atom is 0.391 e. The van der Waals surface area contributed by atoms with Crippen LogP contribution in [-0.2, 0) is 11.2 Å². The fourth-order valence-electron chi connectivity index (χ4n) is 3.58. The molecule has 1 aliphatic carbocycles. The minimum absolute atomic E-state index is 0.103. The summed E-state index contributed by atoms with van der Waals surface area (Å²) in [6.45, 7) is 1.99. The molecule has 1 fully saturated rings. The molecule has 1 unspecified atom stereocenters. The van der Waals surface area contributed by atoms with E-state index < -0.39 is 12.1 Å². The SMILES string of the molecule is Cc1cccc2c1NC(C(=O)N[C@H]1CC[C@H](C(F)(F)F)CC1)C2. The summed E-state index contributed by atoms with van der Waals surface area (Å²) in [7, 11) is 0. The normalized spacial score (nSPS) is 27.2. The van der Waals surface area contributed by atoms with Gasteiger partial charge < -0.3 is 10.6 Å². The summed E-state index contributed by atoms with van der Waals surface area (Å²) in [5.74, 6) is -1.33. The Morgan fingerprint density at radius 1 is 1.22 bits per heavy atom. The van der Waals surface area contributed by atoms with E-state index >= 15 is 0 Å². The van der Waals surface area contributed by atoms with Crippen molar-refractivity contribution in [2.24, 2.45) is 5.92 Å². The lowest BCUT2D eigenvalue weighted by Gasteiger charge is -2.30. The minimum atomic E-state index is -4.11. The summed E-state index contributed by atoms with van der Waals surface area (Å²) in [5, 5.41) is 6.15. The van der Waals surface area contributed by atoms with Gasteiger partial charge in [0.05, 0.1) is 5.92 Å². The Labute approximate surface area is 133 Å². The number of alkyl halides is 3. The maximum absolute atomic E-state index is 12.7. The molecule has 1 aromatic carbocycles. The molecule has 1 atom stereocenters. The van der Waals surface area contributed by atoms with E-state index in [1.807, 2.05) is 25.1 Å². The smallest absolute Gasteiger partial charge is 0.373 e. The molecule has 3 nitrogen and oxygen atoms in total. The number of carbonyl (C=O) groups excluding carboxylic acids is 1. The van der Waals surface area contributed by atoms with Gasteiger partial charge in [0.15, 0.2) is 0 Å². The quantitative estimate of drug-likeness (QED) is 0.872. The van der Waals surface area contributed by atoms with Crippen molar-refractivity contribution in [1.82, 2.24) is 5.32 Å². The Hall–Kier alpha value is -1.72. The molecule has 1 saturated carbocycles. The Kier molecular flexibility index (Phi) is 4.25. The largest absolute Gasteiger partial charge is 0.391 e. The molecule has 23 heavy (non-hydrogen) atoms. The molecule has 0 bridgehead atoms. The summed E-state index contributed by atoms with van der Waals surface area (Å²) in [6.07, 6.45) is -2.48. The van der Waals surface area contributed by atoms with Crippen LogP contribution >= 0.6 is 0 Å². The van der Waals surface area contributed by atoms with Crippen molar-refractivity contribution < 1.29 is 18.0 Å². The molecule has 2 N–H and O–H groups in total. The molecular weight excluding hydrogens is 305 g/mol. The van der Waals surface area contributed by atoms with Crippen LogP contribution in [0.3, 0.4) is 0 Å². The summed E-state index contributed by atoms with van der Waals surface area (Å²) >= 11 is 0. The number of fused-ring (bicyclic) bond motifs is 1. The van der Waals surface area contributed by atoms with Gasteiger partial charge >= 0.3 is 6.18 Å². The van der Waals surface area contributed by atoms with Crippen molar-refractivity contribution in [3.05, 3.63) is 29.3 Å². The highest BCUT2D eigenvalue weighted by molar-refractivity contribution is 5.88. The molecule has 6 heteroatoms. The van der Waals surface area contributed by atoms with Crippen LogP contribution in [0, 0.1) is 12.8 Å². The van der Waals surface area contributed by atoms with E-state index in [1.165, 1.54) is 0 Å². The molecule has 1 amide bonds. The molecule has 1 aliphatic heterocycles. The van der Waals surface area contributed by atoms with Gasteiger partial charge in [-0.2, -0.15) is 13.2 Å². The summed E-state index contributed by atoms with van der Waals surface area (Å²) in [4.78, 5) is 12.4. The van der Waals surface area contributed by atoms with Crippen LogP contribution in [0.5, 0.6) is 0 Å². The van der Waals surface area contributed by atoms with Crippen LogP contribution in [0.4, 0.5) is 18.9 Å². The number of aryl methyl sites for hydroxylation is 1. The first-order valence-corrected chi connectivity index (χ1v) is 8.06. The third-order valence-corrected chi connectivity index (χ3v) is 4.95. The monoisotopic (exact) mass is 326 g/mol. The van der Waals surface area contributed by atoms with Crippen LogP contribution in [-0.4, -0.2) is 24.2 Å². The van der Waals surface area contributed by atoms with Crippen molar-refractivity contribution in [3.8, 4) is 0 Å². The van der Waals surface area contributed by atoms with E-state index in [4.69, 9.17) is 0 Å². The Morgan fingerprint density at radius 3 is 2.52 bits per heavy atom. The van der Waals surface area contributed by atoms with E-state index in [0.717, 1.165) is 16.8 Å². The number of anilines is 1. The zero-order chi connectivity index (χ0) is 16.6. The topological polar surface area (TPSA) is 41.1 Å². The first-order valence-electron chi connectivity index (χ1n) is 8.06. The first-order chi connectivity index (χ1) is 10.8. The highest BCUT2D eigenvalue weighted by Crippen LogP contribution is 2.37. The van der Waals surface area contributed by atoms with E-state index in [0.29, 0.717) is 19.3 Å². The number of para-hydroxylation sites is 1. The average molecular weight is 326 g/mol. The standard InChI is InChI=1S/C17H21F3N2O/c1-10-3-2-4-11-9-14(22-15(10)11)16(23)21-13-7-5-12(6-8-13)17(18,19)20/h2-4,12-14,22H,5-9H2,1H3,(H,21,23)/t12-,13-,14?. The Bertz CT molecular complexity index is 592. The first kappa shape index (κ1) is 16.1. The number of benzene rings is 1. The van der Waals surface area contributed by atoms with Gasteiger partial charge in [-0.1, -0.05) is 18.2 Å². The Morgan fingerprint density at radius 2 is 1.91 bits per heavy atom. The van der Waals surface area contributed by atoms with Crippen molar-refractivity contribution in [2.45, 2.75) is 57.3 Å². The van der Waals surface area contributed by atoms with Crippen molar-refractivity contribution in [1.29, 1.82) is 0 Å². The lowest BCUT2D eigenvalue weighted by atomic mass is 9.85. The van der Waals surface area contributed by atoms with Gasteiger partial charge in [0.25, 0.3) is 0 Å². The van der Waals surface area contributed by atoms with Crippen LogP contribution in [0.25, 0.3) is 0 Å². The van der Waals surface area contributed by atoms with Gasteiger partial charge in [0.1, 0.15) is 6.04 Å². The molecule has 3 rings (SSSR count). The van der Waals surface area contributed by atoms with Gasteiger partial charge in [-0.05, 0) is 43.7 Å². The van der Waals surface area contributed by atoms with E-state index in [9.17, 15) is 18.0 Å².